The van der Waals surface area contributed by atoms with E-state index in [2.05, 4.69) is 4.72 Å². The fourth-order valence-corrected chi connectivity index (χ4v) is 2.35. The predicted octanol–water partition coefficient (Wildman–Crippen LogP) is 0.703. The van der Waals surface area contributed by atoms with Gasteiger partial charge in [0.25, 0.3) is 0 Å². The van der Waals surface area contributed by atoms with Gasteiger partial charge in [-0.3, -0.25) is 0 Å². The largest absolute Gasteiger partial charge is 0.399 e. The Morgan fingerprint density at radius 3 is 2.56 bits per heavy atom. The summed E-state index contributed by atoms with van der Waals surface area (Å²) < 4.78 is 39.2. The lowest BCUT2D eigenvalue weighted by atomic mass is 10.1. The Labute approximate surface area is 106 Å². The minimum atomic E-state index is -3.98. The maximum Gasteiger partial charge on any atom is 0.243 e. The molecule has 0 saturated carbocycles. The summed E-state index contributed by atoms with van der Waals surface area (Å²) in [5, 5.41) is 9.51. The Bertz CT molecular complexity index is 517. The highest BCUT2D eigenvalue weighted by Crippen LogP contribution is 2.17. The summed E-state index contributed by atoms with van der Waals surface area (Å²) in [5.74, 6) is -1.01. The summed E-state index contributed by atoms with van der Waals surface area (Å²) >= 11 is 0. The molecule has 0 heterocycles. The number of nitrogens with one attached hydrogen (secondary N) is 1. The quantitative estimate of drug-likeness (QED) is 0.690. The number of halogens is 1. The molecule has 7 heteroatoms. The summed E-state index contributed by atoms with van der Waals surface area (Å²) in [4.78, 5) is -0.479. The average Bonchev–Trinajstić information content (AvgIpc) is 2.25. The summed E-state index contributed by atoms with van der Waals surface area (Å²) in [6, 6.07) is 3.33. The minimum Gasteiger partial charge on any atom is -0.399 e. The van der Waals surface area contributed by atoms with E-state index in [1.54, 1.807) is 13.8 Å². The Balaban J connectivity index is 2.87. The SMILES string of the molecule is CC(C)C(O)CNS(=O)(=O)c1ccc(N)cc1F. The molecule has 0 aromatic heterocycles. The van der Waals surface area contributed by atoms with Gasteiger partial charge in [0, 0.05) is 12.2 Å². The van der Waals surface area contributed by atoms with Crippen LogP contribution in [0.5, 0.6) is 0 Å². The third-order valence-corrected chi connectivity index (χ3v) is 3.95. The van der Waals surface area contributed by atoms with Crippen molar-refractivity contribution in [1.29, 1.82) is 0 Å². The molecule has 1 atom stereocenters. The second kappa shape index (κ2) is 5.64. The maximum atomic E-state index is 13.5. The van der Waals surface area contributed by atoms with Crippen molar-refractivity contribution >= 4 is 15.7 Å². The molecule has 0 spiro atoms. The monoisotopic (exact) mass is 276 g/mol. The molecule has 5 nitrogen and oxygen atoms in total. The van der Waals surface area contributed by atoms with Gasteiger partial charge in [0.1, 0.15) is 10.7 Å². The van der Waals surface area contributed by atoms with Crippen LogP contribution in [0.25, 0.3) is 0 Å². The molecular weight excluding hydrogens is 259 g/mol. The molecule has 18 heavy (non-hydrogen) atoms. The van der Waals surface area contributed by atoms with Gasteiger partial charge in [-0.25, -0.2) is 17.5 Å². The van der Waals surface area contributed by atoms with Crippen LogP contribution in [0.4, 0.5) is 10.1 Å². The van der Waals surface area contributed by atoms with Crippen LogP contribution in [0, 0.1) is 11.7 Å². The van der Waals surface area contributed by atoms with E-state index in [0.717, 1.165) is 12.1 Å². The van der Waals surface area contributed by atoms with Crippen LogP contribution in [-0.2, 0) is 10.0 Å². The average molecular weight is 276 g/mol. The first-order valence-corrected chi connectivity index (χ1v) is 6.95. The van der Waals surface area contributed by atoms with E-state index in [0.29, 0.717) is 0 Å². The summed E-state index contributed by atoms with van der Waals surface area (Å²) in [6.07, 6.45) is -0.823. The highest BCUT2D eigenvalue weighted by atomic mass is 32.2. The van der Waals surface area contributed by atoms with Crippen molar-refractivity contribution in [2.45, 2.75) is 24.8 Å². The Hall–Kier alpha value is -1.18. The van der Waals surface area contributed by atoms with E-state index in [-0.39, 0.29) is 18.2 Å². The van der Waals surface area contributed by atoms with Gasteiger partial charge in [0.05, 0.1) is 6.10 Å². The molecule has 0 amide bonds. The first kappa shape index (κ1) is 14.9. The normalized spacial score (nSPS) is 13.8. The molecule has 102 valence electrons. The highest BCUT2D eigenvalue weighted by Gasteiger charge is 2.20. The smallest absolute Gasteiger partial charge is 0.243 e. The van der Waals surface area contributed by atoms with Crippen molar-refractivity contribution in [3.63, 3.8) is 0 Å². The first-order chi connectivity index (χ1) is 8.24. The van der Waals surface area contributed by atoms with Gasteiger partial charge in [0.2, 0.25) is 10.0 Å². The van der Waals surface area contributed by atoms with E-state index >= 15 is 0 Å². The number of nitrogens with two attached hydrogens (primary N) is 1. The van der Waals surface area contributed by atoms with Gasteiger partial charge in [-0.05, 0) is 24.1 Å². The van der Waals surface area contributed by atoms with E-state index in [4.69, 9.17) is 5.73 Å². The summed E-state index contributed by atoms with van der Waals surface area (Å²) in [5.41, 5.74) is 5.48. The second-order valence-corrected chi connectivity index (χ2v) is 6.09. The predicted molar refractivity (Wildman–Crippen MR) is 66.8 cm³/mol. The van der Waals surface area contributed by atoms with Crippen molar-refractivity contribution < 1.29 is 17.9 Å². The van der Waals surface area contributed by atoms with E-state index in [9.17, 15) is 17.9 Å². The fourth-order valence-electron chi connectivity index (χ4n) is 1.24. The number of nitrogen functional groups attached to an aromatic ring is 1. The van der Waals surface area contributed by atoms with Gasteiger partial charge in [-0.1, -0.05) is 13.8 Å². The van der Waals surface area contributed by atoms with Gasteiger partial charge >= 0.3 is 0 Å². The molecule has 1 unspecified atom stereocenters. The van der Waals surface area contributed by atoms with Crippen molar-refractivity contribution in [3.05, 3.63) is 24.0 Å². The number of anilines is 1. The highest BCUT2D eigenvalue weighted by molar-refractivity contribution is 7.89. The lowest BCUT2D eigenvalue weighted by Crippen LogP contribution is -2.35. The Kier molecular flexibility index (Phi) is 4.66. The van der Waals surface area contributed by atoms with Crippen molar-refractivity contribution in [2.24, 2.45) is 5.92 Å². The number of hydrogen-bond acceptors (Lipinski definition) is 4. The summed E-state index contributed by atoms with van der Waals surface area (Å²) in [7, 11) is -3.98. The van der Waals surface area contributed by atoms with Crippen molar-refractivity contribution in [1.82, 2.24) is 4.72 Å². The minimum absolute atomic E-state index is 0.0936. The molecule has 0 fully saturated rings. The van der Waals surface area contributed by atoms with Gasteiger partial charge in [-0.15, -0.1) is 0 Å². The molecule has 1 aromatic carbocycles. The Morgan fingerprint density at radius 2 is 2.06 bits per heavy atom. The second-order valence-electron chi connectivity index (χ2n) is 4.35. The number of rotatable bonds is 5. The maximum absolute atomic E-state index is 13.5. The third kappa shape index (κ3) is 3.66. The van der Waals surface area contributed by atoms with E-state index in [1.165, 1.54) is 6.07 Å². The molecular formula is C11H17FN2O3S. The molecule has 4 N–H and O–H groups in total. The molecule has 0 aliphatic rings. The lowest BCUT2D eigenvalue weighted by molar-refractivity contribution is 0.129. The number of hydrogen-bond donors (Lipinski definition) is 3. The molecule has 0 saturated heterocycles. The van der Waals surface area contributed by atoms with Crippen molar-refractivity contribution in [2.75, 3.05) is 12.3 Å². The molecule has 0 bridgehead atoms. The van der Waals surface area contributed by atoms with E-state index < -0.39 is 26.8 Å². The number of aliphatic hydroxyl groups excluding tert-OH is 1. The molecule has 0 aliphatic carbocycles. The molecule has 1 aromatic rings. The zero-order valence-corrected chi connectivity index (χ0v) is 11.0. The van der Waals surface area contributed by atoms with Crippen LogP contribution in [0.15, 0.2) is 23.1 Å². The zero-order valence-electron chi connectivity index (χ0n) is 10.2. The molecule has 1 rings (SSSR count). The van der Waals surface area contributed by atoms with Crippen LogP contribution < -0.4 is 10.5 Å². The van der Waals surface area contributed by atoms with Crippen molar-refractivity contribution in [3.8, 4) is 0 Å². The van der Waals surface area contributed by atoms with Crippen LogP contribution in [0.1, 0.15) is 13.8 Å². The standard InChI is InChI=1S/C11H17FN2O3S/c1-7(2)10(15)6-14-18(16,17)11-4-3-8(13)5-9(11)12/h3-5,7,10,14-15H,6,13H2,1-2H3. The fraction of sp³-hybridized carbons (Fsp3) is 0.455. The third-order valence-electron chi connectivity index (χ3n) is 2.50. The molecule has 0 aliphatic heterocycles. The van der Waals surface area contributed by atoms with Crippen LogP contribution in [0.2, 0.25) is 0 Å². The number of benzene rings is 1. The van der Waals surface area contributed by atoms with Gasteiger partial charge in [0.15, 0.2) is 0 Å². The number of sulfonamides is 1. The lowest BCUT2D eigenvalue weighted by Gasteiger charge is -2.15. The van der Waals surface area contributed by atoms with Crippen LogP contribution in [-0.4, -0.2) is 26.2 Å². The van der Waals surface area contributed by atoms with Gasteiger partial charge in [-0.2, -0.15) is 0 Å². The summed E-state index contributed by atoms with van der Waals surface area (Å²) in [6.45, 7) is 3.34. The zero-order chi connectivity index (χ0) is 13.9. The number of aliphatic hydroxyl groups is 1. The topological polar surface area (TPSA) is 92.4 Å². The molecule has 0 radical (unpaired) electrons. The van der Waals surface area contributed by atoms with Crippen LogP contribution >= 0.6 is 0 Å². The first-order valence-electron chi connectivity index (χ1n) is 5.47. The Morgan fingerprint density at radius 1 is 1.44 bits per heavy atom. The van der Waals surface area contributed by atoms with E-state index in [1.807, 2.05) is 0 Å². The van der Waals surface area contributed by atoms with Gasteiger partial charge < -0.3 is 10.8 Å². The van der Waals surface area contributed by atoms with Crippen LogP contribution in [0.3, 0.4) is 0 Å².